The van der Waals surface area contributed by atoms with Gasteiger partial charge in [-0.15, -0.1) is 0 Å². The SMILES string of the molecule is CCC1CN(C(=O)C(C)(C)N2CCNCC2)CCO1. The number of amides is 1. The van der Waals surface area contributed by atoms with Crippen molar-refractivity contribution in [2.75, 3.05) is 45.9 Å². The minimum atomic E-state index is -0.405. The van der Waals surface area contributed by atoms with Crippen molar-refractivity contribution in [3.05, 3.63) is 0 Å². The summed E-state index contributed by atoms with van der Waals surface area (Å²) in [4.78, 5) is 17.1. The Hall–Kier alpha value is -0.650. The van der Waals surface area contributed by atoms with Gasteiger partial charge in [-0.05, 0) is 20.3 Å². The van der Waals surface area contributed by atoms with Crippen LogP contribution in [0.15, 0.2) is 0 Å². The van der Waals surface area contributed by atoms with Crippen LogP contribution >= 0.6 is 0 Å². The number of ether oxygens (including phenoxy) is 1. The number of hydrogen-bond donors (Lipinski definition) is 1. The fourth-order valence-corrected chi connectivity index (χ4v) is 2.90. The third kappa shape index (κ3) is 3.27. The van der Waals surface area contributed by atoms with Crippen molar-refractivity contribution >= 4 is 5.91 Å². The zero-order chi connectivity index (χ0) is 13.9. The second-order valence-electron chi connectivity index (χ2n) is 5.95. The summed E-state index contributed by atoms with van der Waals surface area (Å²) in [6.45, 7) is 12.2. The summed E-state index contributed by atoms with van der Waals surface area (Å²) < 4.78 is 5.65. The van der Waals surface area contributed by atoms with Crippen molar-refractivity contribution < 1.29 is 9.53 Å². The molecule has 0 saturated carbocycles. The van der Waals surface area contributed by atoms with E-state index in [2.05, 4.69) is 31.0 Å². The molecule has 110 valence electrons. The molecule has 1 unspecified atom stereocenters. The van der Waals surface area contributed by atoms with Gasteiger partial charge in [0.25, 0.3) is 0 Å². The maximum Gasteiger partial charge on any atom is 0.242 e. The molecule has 1 N–H and O–H groups in total. The molecule has 0 radical (unpaired) electrons. The fourth-order valence-electron chi connectivity index (χ4n) is 2.90. The second-order valence-corrected chi connectivity index (χ2v) is 5.95. The Morgan fingerprint density at radius 2 is 2.00 bits per heavy atom. The Bertz CT molecular complexity index is 314. The number of carbonyl (C=O) groups is 1. The van der Waals surface area contributed by atoms with Gasteiger partial charge in [0.15, 0.2) is 0 Å². The number of nitrogens with zero attached hydrogens (tertiary/aromatic N) is 2. The number of piperazine rings is 1. The number of rotatable bonds is 3. The van der Waals surface area contributed by atoms with Crippen molar-refractivity contribution in [3.63, 3.8) is 0 Å². The van der Waals surface area contributed by atoms with E-state index in [1.807, 2.05) is 4.90 Å². The van der Waals surface area contributed by atoms with Crippen LogP contribution in [-0.2, 0) is 9.53 Å². The molecule has 5 heteroatoms. The first-order valence-corrected chi connectivity index (χ1v) is 7.42. The minimum Gasteiger partial charge on any atom is -0.375 e. The van der Waals surface area contributed by atoms with Crippen LogP contribution in [-0.4, -0.2) is 73.2 Å². The largest absolute Gasteiger partial charge is 0.375 e. The molecule has 0 aromatic rings. The predicted octanol–water partition coefficient (Wildman–Crippen LogP) is 0.308. The minimum absolute atomic E-state index is 0.205. The van der Waals surface area contributed by atoms with Crippen LogP contribution in [0.3, 0.4) is 0 Å². The molecule has 5 nitrogen and oxygen atoms in total. The molecule has 0 aromatic heterocycles. The molecule has 0 spiro atoms. The lowest BCUT2D eigenvalue weighted by Crippen LogP contribution is -2.62. The molecule has 1 atom stereocenters. The highest BCUT2D eigenvalue weighted by Gasteiger charge is 2.39. The van der Waals surface area contributed by atoms with Gasteiger partial charge < -0.3 is 15.0 Å². The summed E-state index contributed by atoms with van der Waals surface area (Å²) in [6.07, 6.45) is 1.18. The highest BCUT2D eigenvalue weighted by atomic mass is 16.5. The summed E-state index contributed by atoms with van der Waals surface area (Å²) in [7, 11) is 0. The van der Waals surface area contributed by atoms with Gasteiger partial charge in [0.05, 0.1) is 18.2 Å². The first-order valence-electron chi connectivity index (χ1n) is 7.42. The van der Waals surface area contributed by atoms with E-state index < -0.39 is 5.54 Å². The van der Waals surface area contributed by atoms with E-state index >= 15 is 0 Å². The Balaban J connectivity index is 2.00. The Morgan fingerprint density at radius 3 is 2.63 bits per heavy atom. The van der Waals surface area contributed by atoms with E-state index in [1.54, 1.807) is 0 Å². The van der Waals surface area contributed by atoms with Crippen molar-refractivity contribution in [2.45, 2.75) is 38.8 Å². The van der Waals surface area contributed by atoms with Gasteiger partial charge >= 0.3 is 0 Å². The van der Waals surface area contributed by atoms with E-state index in [9.17, 15) is 4.79 Å². The lowest BCUT2D eigenvalue weighted by atomic mass is 9.98. The molecule has 2 aliphatic heterocycles. The lowest BCUT2D eigenvalue weighted by Gasteiger charge is -2.44. The van der Waals surface area contributed by atoms with Gasteiger partial charge in [0.2, 0.25) is 5.91 Å². The van der Waals surface area contributed by atoms with Crippen LogP contribution in [0.4, 0.5) is 0 Å². The van der Waals surface area contributed by atoms with Crippen LogP contribution in [0.5, 0.6) is 0 Å². The average molecular weight is 269 g/mol. The van der Waals surface area contributed by atoms with Gasteiger partial charge in [-0.2, -0.15) is 0 Å². The zero-order valence-electron chi connectivity index (χ0n) is 12.4. The van der Waals surface area contributed by atoms with Crippen LogP contribution in [0, 0.1) is 0 Å². The van der Waals surface area contributed by atoms with Crippen molar-refractivity contribution in [1.82, 2.24) is 15.1 Å². The summed E-state index contributed by atoms with van der Waals surface area (Å²) in [5.74, 6) is 0.246. The third-order valence-electron chi connectivity index (χ3n) is 4.31. The summed E-state index contributed by atoms with van der Waals surface area (Å²) in [5, 5.41) is 3.33. The molecule has 2 saturated heterocycles. The average Bonchev–Trinajstić information content (AvgIpc) is 2.47. The van der Waals surface area contributed by atoms with Crippen molar-refractivity contribution in [2.24, 2.45) is 0 Å². The monoisotopic (exact) mass is 269 g/mol. The molecular weight excluding hydrogens is 242 g/mol. The van der Waals surface area contributed by atoms with E-state index in [-0.39, 0.29) is 12.0 Å². The fraction of sp³-hybridized carbons (Fsp3) is 0.929. The van der Waals surface area contributed by atoms with Gasteiger partial charge in [-0.1, -0.05) is 6.92 Å². The number of carbonyl (C=O) groups excluding carboxylic acids is 1. The first kappa shape index (κ1) is 14.8. The highest BCUT2D eigenvalue weighted by molar-refractivity contribution is 5.85. The lowest BCUT2D eigenvalue weighted by molar-refractivity contribution is -0.150. The predicted molar refractivity (Wildman–Crippen MR) is 75.1 cm³/mol. The van der Waals surface area contributed by atoms with Crippen LogP contribution < -0.4 is 5.32 Å². The van der Waals surface area contributed by atoms with E-state index in [1.165, 1.54) is 0 Å². The van der Waals surface area contributed by atoms with Gasteiger partial charge in [-0.25, -0.2) is 0 Å². The van der Waals surface area contributed by atoms with E-state index in [0.29, 0.717) is 6.61 Å². The number of morpholine rings is 1. The van der Waals surface area contributed by atoms with Crippen LogP contribution in [0.2, 0.25) is 0 Å². The maximum absolute atomic E-state index is 12.8. The highest BCUT2D eigenvalue weighted by Crippen LogP contribution is 2.20. The van der Waals surface area contributed by atoms with Crippen LogP contribution in [0.25, 0.3) is 0 Å². The first-order chi connectivity index (χ1) is 9.05. The van der Waals surface area contributed by atoms with Gasteiger partial charge in [0, 0.05) is 39.3 Å². The summed E-state index contributed by atoms with van der Waals surface area (Å²) in [6, 6.07) is 0. The molecule has 0 aromatic carbocycles. The molecule has 0 bridgehead atoms. The van der Waals surface area contributed by atoms with Gasteiger partial charge in [0.1, 0.15) is 0 Å². The smallest absolute Gasteiger partial charge is 0.242 e. The second kappa shape index (κ2) is 6.20. The zero-order valence-corrected chi connectivity index (χ0v) is 12.4. The summed E-state index contributed by atoms with van der Waals surface area (Å²) >= 11 is 0. The van der Waals surface area contributed by atoms with Crippen molar-refractivity contribution in [1.29, 1.82) is 0 Å². The molecule has 2 rings (SSSR count). The normalized spacial score (nSPS) is 26.5. The third-order valence-corrected chi connectivity index (χ3v) is 4.31. The maximum atomic E-state index is 12.8. The molecule has 0 aliphatic carbocycles. The topological polar surface area (TPSA) is 44.8 Å². The summed E-state index contributed by atoms with van der Waals surface area (Å²) in [5.41, 5.74) is -0.405. The quantitative estimate of drug-likeness (QED) is 0.801. The molecule has 1 amide bonds. The van der Waals surface area contributed by atoms with Crippen molar-refractivity contribution in [3.8, 4) is 0 Å². The molecule has 2 heterocycles. The van der Waals surface area contributed by atoms with Gasteiger partial charge in [-0.3, -0.25) is 9.69 Å². The van der Waals surface area contributed by atoms with E-state index in [0.717, 1.165) is 45.7 Å². The Kier molecular flexibility index (Phi) is 4.81. The molecule has 2 aliphatic rings. The Labute approximate surface area is 116 Å². The molecular formula is C14H27N3O2. The van der Waals surface area contributed by atoms with Crippen LogP contribution in [0.1, 0.15) is 27.2 Å². The molecule has 19 heavy (non-hydrogen) atoms. The number of nitrogens with one attached hydrogen (secondary N) is 1. The van der Waals surface area contributed by atoms with E-state index in [4.69, 9.17) is 4.74 Å². The Morgan fingerprint density at radius 1 is 1.32 bits per heavy atom. The standard InChI is InChI=1S/C14H27N3O2/c1-4-12-11-16(9-10-19-12)13(18)14(2,3)17-7-5-15-6-8-17/h12,15H,4-11H2,1-3H3. The number of hydrogen-bond acceptors (Lipinski definition) is 4. The molecule has 2 fully saturated rings.